The van der Waals surface area contributed by atoms with Crippen LogP contribution < -0.4 is 14.8 Å². The number of likely N-dealkylation sites (N-methyl/N-ethyl adjacent to an activating group) is 1. The van der Waals surface area contributed by atoms with Crippen molar-refractivity contribution in [3.05, 3.63) is 28.8 Å². The van der Waals surface area contributed by atoms with Gasteiger partial charge in [0.05, 0.1) is 7.11 Å². The summed E-state index contributed by atoms with van der Waals surface area (Å²) in [5.74, 6) is 1.91. The van der Waals surface area contributed by atoms with Crippen LogP contribution in [-0.4, -0.2) is 25.8 Å². The van der Waals surface area contributed by atoms with Gasteiger partial charge in [-0.05, 0) is 39.4 Å². The van der Waals surface area contributed by atoms with E-state index in [1.54, 1.807) is 7.11 Å². The van der Waals surface area contributed by atoms with Crippen molar-refractivity contribution in [3.63, 3.8) is 0 Å². The van der Waals surface area contributed by atoms with Crippen LogP contribution in [0.25, 0.3) is 6.08 Å². The van der Waals surface area contributed by atoms with E-state index in [0.717, 1.165) is 30.0 Å². The SMILES string of the molecule is CCNC(C)/C(C)=C/c1cc2c(cc1OC)CC(C)O2. The summed E-state index contributed by atoms with van der Waals surface area (Å²) in [7, 11) is 1.72. The standard InChI is InChI=1S/C17H25NO2/c1-6-18-13(4)11(2)7-14-10-17-15(8-12(3)20-17)9-16(14)19-5/h7,9-10,12-13,18H,6,8H2,1-5H3/b11-7+. The normalized spacial score (nSPS) is 19.4. The summed E-state index contributed by atoms with van der Waals surface area (Å²) in [6.45, 7) is 9.50. The third-order valence-corrected chi connectivity index (χ3v) is 3.82. The molecule has 110 valence electrons. The van der Waals surface area contributed by atoms with Crippen LogP contribution in [0.4, 0.5) is 0 Å². The number of rotatable bonds is 5. The second-order valence-electron chi connectivity index (χ2n) is 5.50. The number of hydrogen-bond donors (Lipinski definition) is 1. The van der Waals surface area contributed by atoms with Crippen LogP contribution in [0.15, 0.2) is 17.7 Å². The van der Waals surface area contributed by atoms with Crippen molar-refractivity contribution in [2.24, 2.45) is 0 Å². The number of benzene rings is 1. The van der Waals surface area contributed by atoms with Crippen LogP contribution in [0, 0.1) is 0 Å². The molecule has 1 aromatic rings. The van der Waals surface area contributed by atoms with E-state index in [4.69, 9.17) is 9.47 Å². The van der Waals surface area contributed by atoms with Gasteiger partial charge in [0.15, 0.2) is 0 Å². The lowest BCUT2D eigenvalue weighted by molar-refractivity contribution is 0.254. The van der Waals surface area contributed by atoms with Gasteiger partial charge in [-0.1, -0.05) is 18.6 Å². The number of nitrogens with one attached hydrogen (secondary N) is 1. The molecule has 0 spiro atoms. The zero-order valence-corrected chi connectivity index (χ0v) is 13.1. The Labute approximate surface area is 122 Å². The van der Waals surface area contributed by atoms with Gasteiger partial charge in [-0.2, -0.15) is 0 Å². The lowest BCUT2D eigenvalue weighted by Crippen LogP contribution is -2.26. The van der Waals surface area contributed by atoms with Gasteiger partial charge in [0.2, 0.25) is 0 Å². The van der Waals surface area contributed by atoms with Crippen molar-refractivity contribution in [3.8, 4) is 11.5 Å². The van der Waals surface area contributed by atoms with E-state index in [9.17, 15) is 0 Å². The summed E-state index contributed by atoms with van der Waals surface area (Å²) < 4.78 is 11.4. The molecule has 1 N–H and O–H groups in total. The predicted molar refractivity (Wildman–Crippen MR) is 83.6 cm³/mol. The molecule has 0 amide bonds. The maximum atomic E-state index is 5.84. The lowest BCUT2D eigenvalue weighted by Gasteiger charge is -2.14. The molecule has 0 saturated carbocycles. The summed E-state index contributed by atoms with van der Waals surface area (Å²) in [5, 5.41) is 3.42. The van der Waals surface area contributed by atoms with Crippen LogP contribution >= 0.6 is 0 Å². The maximum Gasteiger partial charge on any atom is 0.126 e. The lowest BCUT2D eigenvalue weighted by atomic mass is 10.0. The summed E-state index contributed by atoms with van der Waals surface area (Å²) in [6.07, 6.45) is 3.40. The first-order chi connectivity index (χ1) is 9.55. The van der Waals surface area contributed by atoms with Crippen molar-refractivity contribution < 1.29 is 9.47 Å². The van der Waals surface area contributed by atoms with E-state index in [1.807, 2.05) is 0 Å². The Bertz CT molecular complexity index is 508. The van der Waals surface area contributed by atoms with Crippen LogP contribution in [0.5, 0.6) is 11.5 Å². The van der Waals surface area contributed by atoms with Crippen LogP contribution in [0.3, 0.4) is 0 Å². The fourth-order valence-corrected chi connectivity index (χ4v) is 2.58. The summed E-state index contributed by atoms with van der Waals surface area (Å²) >= 11 is 0. The Balaban J connectivity index is 2.32. The Kier molecular flexibility index (Phi) is 4.71. The number of fused-ring (bicyclic) bond motifs is 1. The minimum absolute atomic E-state index is 0.260. The Morgan fingerprint density at radius 2 is 2.30 bits per heavy atom. The first-order valence-corrected chi connectivity index (χ1v) is 7.34. The first-order valence-electron chi connectivity index (χ1n) is 7.34. The minimum Gasteiger partial charge on any atom is -0.496 e. The smallest absolute Gasteiger partial charge is 0.126 e. The highest BCUT2D eigenvalue weighted by Gasteiger charge is 2.21. The molecule has 0 radical (unpaired) electrons. The monoisotopic (exact) mass is 275 g/mol. The highest BCUT2D eigenvalue weighted by molar-refractivity contribution is 5.64. The predicted octanol–water partition coefficient (Wildman–Crippen LogP) is 3.42. The number of hydrogen-bond acceptors (Lipinski definition) is 3. The average molecular weight is 275 g/mol. The molecule has 3 nitrogen and oxygen atoms in total. The molecule has 0 saturated heterocycles. The number of methoxy groups -OCH3 is 1. The third-order valence-electron chi connectivity index (χ3n) is 3.82. The van der Waals surface area contributed by atoms with Crippen molar-refractivity contribution >= 4 is 6.08 Å². The maximum absolute atomic E-state index is 5.84. The largest absolute Gasteiger partial charge is 0.496 e. The third kappa shape index (κ3) is 3.15. The van der Waals surface area contributed by atoms with Crippen LogP contribution in [0.1, 0.15) is 38.8 Å². The van der Waals surface area contributed by atoms with Crippen molar-refractivity contribution in [1.29, 1.82) is 0 Å². The van der Waals surface area contributed by atoms with Crippen molar-refractivity contribution in [2.45, 2.75) is 46.3 Å². The molecule has 2 unspecified atom stereocenters. The van der Waals surface area contributed by atoms with Crippen LogP contribution in [-0.2, 0) is 6.42 Å². The van der Waals surface area contributed by atoms with E-state index in [-0.39, 0.29) is 6.10 Å². The van der Waals surface area contributed by atoms with Crippen molar-refractivity contribution in [1.82, 2.24) is 5.32 Å². The molecule has 2 rings (SSSR count). The highest BCUT2D eigenvalue weighted by atomic mass is 16.5. The van der Waals surface area contributed by atoms with Gasteiger partial charge in [-0.3, -0.25) is 0 Å². The van der Waals surface area contributed by atoms with Gasteiger partial charge in [0.25, 0.3) is 0 Å². The fourth-order valence-electron chi connectivity index (χ4n) is 2.58. The van der Waals surface area contributed by atoms with E-state index in [1.165, 1.54) is 11.1 Å². The second-order valence-corrected chi connectivity index (χ2v) is 5.50. The van der Waals surface area contributed by atoms with Gasteiger partial charge in [0, 0.05) is 23.6 Å². The highest BCUT2D eigenvalue weighted by Crippen LogP contribution is 2.36. The molecule has 0 bridgehead atoms. The molecule has 1 aromatic carbocycles. The molecular weight excluding hydrogens is 250 g/mol. The molecule has 20 heavy (non-hydrogen) atoms. The van der Waals surface area contributed by atoms with Gasteiger partial charge < -0.3 is 14.8 Å². The zero-order valence-electron chi connectivity index (χ0n) is 13.1. The summed E-state index contributed by atoms with van der Waals surface area (Å²) in [4.78, 5) is 0. The molecule has 1 aliphatic rings. The second kappa shape index (κ2) is 6.31. The molecule has 0 fully saturated rings. The Hall–Kier alpha value is -1.48. The van der Waals surface area contributed by atoms with E-state index in [0.29, 0.717) is 6.04 Å². The van der Waals surface area contributed by atoms with Crippen molar-refractivity contribution in [2.75, 3.05) is 13.7 Å². The summed E-state index contributed by atoms with van der Waals surface area (Å²) in [6, 6.07) is 4.56. The van der Waals surface area contributed by atoms with E-state index in [2.05, 4.69) is 51.2 Å². The molecule has 0 aromatic heterocycles. The first kappa shape index (κ1) is 14.9. The number of ether oxygens (including phenoxy) is 2. The van der Waals surface area contributed by atoms with Gasteiger partial charge >= 0.3 is 0 Å². The minimum atomic E-state index is 0.260. The van der Waals surface area contributed by atoms with Crippen LogP contribution in [0.2, 0.25) is 0 Å². The molecular formula is C17H25NO2. The van der Waals surface area contributed by atoms with Gasteiger partial charge in [0.1, 0.15) is 17.6 Å². The Morgan fingerprint density at radius 3 is 2.95 bits per heavy atom. The Morgan fingerprint density at radius 1 is 1.55 bits per heavy atom. The summed E-state index contributed by atoms with van der Waals surface area (Å²) in [5.41, 5.74) is 3.61. The van der Waals surface area contributed by atoms with E-state index < -0.39 is 0 Å². The molecule has 2 atom stereocenters. The molecule has 0 aliphatic carbocycles. The van der Waals surface area contributed by atoms with E-state index >= 15 is 0 Å². The fraction of sp³-hybridized carbons (Fsp3) is 0.529. The topological polar surface area (TPSA) is 30.5 Å². The quantitative estimate of drug-likeness (QED) is 0.893. The molecule has 1 aliphatic heterocycles. The van der Waals surface area contributed by atoms with Gasteiger partial charge in [-0.15, -0.1) is 0 Å². The average Bonchev–Trinajstić information content (AvgIpc) is 2.77. The zero-order chi connectivity index (χ0) is 14.7. The molecule has 1 heterocycles. The van der Waals surface area contributed by atoms with Gasteiger partial charge in [-0.25, -0.2) is 0 Å². The molecule has 3 heteroatoms.